The van der Waals surface area contributed by atoms with Crippen molar-refractivity contribution in [2.75, 3.05) is 11.9 Å². The number of benzene rings is 2. The van der Waals surface area contributed by atoms with Crippen molar-refractivity contribution in [1.29, 1.82) is 0 Å². The normalized spacial score (nSPS) is 13.5. The summed E-state index contributed by atoms with van der Waals surface area (Å²) in [6, 6.07) is 15.3. The summed E-state index contributed by atoms with van der Waals surface area (Å²) in [5.41, 5.74) is 3.30. The molecule has 1 fully saturated rings. The van der Waals surface area contributed by atoms with Crippen LogP contribution >= 0.6 is 0 Å². The number of alkyl halides is 3. The number of amides is 1. The van der Waals surface area contributed by atoms with Gasteiger partial charge in [0.25, 0.3) is 5.91 Å². The molecule has 210 valence electrons. The third-order valence-electron chi connectivity index (χ3n) is 6.78. The van der Waals surface area contributed by atoms with Crippen molar-refractivity contribution in [3.63, 3.8) is 0 Å². The Balaban J connectivity index is 1.40. The fraction of sp³-hybridized carbons (Fsp3) is 0.241. The second kappa shape index (κ2) is 10.3. The van der Waals surface area contributed by atoms with Gasteiger partial charge in [0.1, 0.15) is 0 Å². The minimum absolute atomic E-state index is 0.0700. The standard InChI is InChI=1S/C29H25F3N6O3/c1-16-13-18(5-9-20(16)28(40)35-19-7-8-19)22-15-34-27-21(33-12-11-29(30,31)32)14-25(37-38(22)27)41-23-4-2-3-17-6-10-24(39)36-26(17)23/h2-6,9-10,13-15,19,33H,7-8,11-12H2,1H3,(H,35,40)(H,36,39). The van der Waals surface area contributed by atoms with Crippen LogP contribution in [0.1, 0.15) is 35.2 Å². The van der Waals surface area contributed by atoms with Crippen LogP contribution < -0.4 is 20.9 Å². The average molecular weight is 563 g/mol. The minimum Gasteiger partial charge on any atom is -0.435 e. The van der Waals surface area contributed by atoms with Crippen molar-refractivity contribution >= 4 is 28.1 Å². The number of rotatable bonds is 8. The molecular formula is C29H25F3N6O3. The molecule has 1 aliphatic rings. The first-order valence-electron chi connectivity index (χ1n) is 13.1. The summed E-state index contributed by atoms with van der Waals surface area (Å²) in [7, 11) is 0. The Labute approximate surface area is 231 Å². The lowest BCUT2D eigenvalue weighted by atomic mass is 10.0. The lowest BCUT2D eigenvalue weighted by molar-refractivity contribution is -0.131. The summed E-state index contributed by atoms with van der Waals surface area (Å²) in [5, 5.41) is 11.1. The maximum absolute atomic E-state index is 12.9. The topological polar surface area (TPSA) is 113 Å². The van der Waals surface area contributed by atoms with Crippen LogP contribution in [0.2, 0.25) is 0 Å². The Bertz CT molecular complexity index is 1840. The molecule has 0 bridgehead atoms. The number of imidazole rings is 1. The monoisotopic (exact) mass is 562 g/mol. The molecule has 41 heavy (non-hydrogen) atoms. The zero-order chi connectivity index (χ0) is 28.7. The Morgan fingerprint density at radius 3 is 2.73 bits per heavy atom. The van der Waals surface area contributed by atoms with E-state index in [0.29, 0.717) is 33.7 Å². The highest BCUT2D eigenvalue weighted by atomic mass is 19.4. The molecule has 12 heteroatoms. The predicted molar refractivity (Wildman–Crippen MR) is 147 cm³/mol. The molecule has 0 unspecified atom stereocenters. The van der Waals surface area contributed by atoms with Crippen molar-refractivity contribution in [1.82, 2.24) is 24.9 Å². The molecule has 3 aromatic heterocycles. The molecule has 0 spiro atoms. The number of aryl methyl sites for hydroxylation is 1. The zero-order valence-electron chi connectivity index (χ0n) is 21.9. The van der Waals surface area contributed by atoms with Gasteiger partial charge in [0.05, 0.1) is 29.5 Å². The number of pyridine rings is 1. The van der Waals surface area contributed by atoms with Crippen molar-refractivity contribution in [2.45, 2.75) is 38.4 Å². The molecule has 1 aliphatic carbocycles. The number of fused-ring (bicyclic) bond motifs is 2. The molecule has 0 radical (unpaired) electrons. The van der Waals surface area contributed by atoms with Crippen LogP contribution in [0, 0.1) is 6.92 Å². The van der Waals surface area contributed by atoms with E-state index in [1.54, 1.807) is 36.5 Å². The largest absolute Gasteiger partial charge is 0.435 e. The van der Waals surface area contributed by atoms with Crippen LogP contribution in [0.3, 0.4) is 0 Å². The van der Waals surface area contributed by atoms with Gasteiger partial charge in [-0.3, -0.25) is 9.59 Å². The summed E-state index contributed by atoms with van der Waals surface area (Å²) in [6.07, 6.45) is -1.85. The van der Waals surface area contributed by atoms with Gasteiger partial charge >= 0.3 is 6.18 Å². The number of para-hydroxylation sites is 1. The summed E-state index contributed by atoms with van der Waals surface area (Å²) >= 11 is 0. The zero-order valence-corrected chi connectivity index (χ0v) is 21.9. The molecule has 2 aromatic carbocycles. The maximum Gasteiger partial charge on any atom is 0.390 e. The summed E-state index contributed by atoms with van der Waals surface area (Å²) < 4.78 is 46.2. The number of aromatic nitrogens is 4. The van der Waals surface area contributed by atoms with Gasteiger partial charge in [0.2, 0.25) is 11.4 Å². The Hall–Kier alpha value is -4.87. The number of nitrogens with zero attached hydrogens (tertiary/aromatic N) is 3. The van der Waals surface area contributed by atoms with Crippen LogP contribution in [-0.4, -0.2) is 44.3 Å². The summed E-state index contributed by atoms with van der Waals surface area (Å²) in [5.74, 6) is 0.255. The number of ether oxygens (including phenoxy) is 1. The maximum atomic E-state index is 12.9. The number of halogens is 3. The van der Waals surface area contributed by atoms with E-state index in [1.165, 1.54) is 16.6 Å². The van der Waals surface area contributed by atoms with E-state index in [0.717, 1.165) is 23.8 Å². The SMILES string of the molecule is Cc1cc(-c2cnc3c(NCCC(F)(F)F)cc(Oc4cccc5ccc(=O)[nH]c45)nn23)ccc1C(=O)NC1CC1. The molecule has 9 nitrogen and oxygen atoms in total. The number of nitrogens with one attached hydrogen (secondary N) is 3. The molecule has 0 aliphatic heterocycles. The van der Waals surface area contributed by atoms with Gasteiger partial charge in [0.15, 0.2) is 11.4 Å². The van der Waals surface area contributed by atoms with Crippen LogP contribution in [0.15, 0.2) is 65.6 Å². The Morgan fingerprint density at radius 1 is 1.15 bits per heavy atom. The van der Waals surface area contributed by atoms with Gasteiger partial charge in [-0.25, -0.2) is 9.50 Å². The van der Waals surface area contributed by atoms with Gasteiger partial charge in [-0.05, 0) is 49.6 Å². The molecule has 1 amide bonds. The van der Waals surface area contributed by atoms with Crippen molar-refractivity contribution in [3.05, 3.63) is 82.3 Å². The fourth-order valence-electron chi connectivity index (χ4n) is 4.58. The van der Waals surface area contributed by atoms with E-state index >= 15 is 0 Å². The van der Waals surface area contributed by atoms with Crippen molar-refractivity contribution in [2.24, 2.45) is 0 Å². The van der Waals surface area contributed by atoms with E-state index < -0.39 is 12.6 Å². The molecule has 3 heterocycles. The van der Waals surface area contributed by atoms with Gasteiger partial charge in [0, 0.05) is 41.2 Å². The predicted octanol–water partition coefficient (Wildman–Crippen LogP) is 5.60. The van der Waals surface area contributed by atoms with E-state index in [9.17, 15) is 22.8 Å². The second-order valence-electron chi connectivity index (χ2n) is 9.99. The number of hydrogen-bond acceptors (Lipinski definition) is 6. The van der Waals surface area contributed by atoms with Gasteiger partial charge in [-0.15, -0.1) is 5.10 Å². The summed E-state index contributed by atoms with van der Waals surface area (Å²) in [4.78, 5) is 31.8. The molecule has 6 rings (SSSR count). The van der Waals surface area contributed by atoms with Crippen LogP contribution in [-0.2, 0) is 0 Å². The number of carbonyl (C=O) groups is 1. The molecular weight excluding hydrogens is 537 g/mol. The lowest BCUT2D eigenvalue weighted by Crippen LogP contribution is -2.26. The Morgan fingerprint density at radius 2 is 1.98 bits per heavy atom. The molecule has 1 saturated carbocycles. The fourth-order valence-corrected chi connectivity index (χ4v) is 4.58. The number of carbonyl (C=O) groups excluding carboxylic acids is 1. The smallest absolute Gasteiger partial charge is 0.390 e. The van der Waals surface area contributed by atoms with Crippen molar-refractivity contribution in [3.8, 4) is 22.9 Å². The van der Waals surface area contributed by atoms with E-state index in [2.05, 4.69) is 25.7 Å². The van der Waals surface area contributed by atoms with E-state index in [-0.39, 0.29) is 35.6 Å². The highest BCUT2D eigenvalue weighted by Crippen LogP contribution is 2.32. The van der Waals surface area contributed by atoms with Crippen LogP contribution in [0.25, 0.3) is 27.8 Å². The third kappa shape index (κ3) is 5.72. The van der Waals surface area contributed by atoms with Crippen LogP contribution in [0.4, 0.5) is 18.9 Å². The molecule has 5 aromatic rings. The number of aromatic amines is 1. The summed E-state index contributed by atoms with van der Waals surface area (Å²) in [6.45, 7) is 1.46. The number of hydrogen-bond donors (Lipinski definition) is 3. The minimum atomic E-state index is -4.34. The average Bonchev–Trinajstić information content (AvgIpc) is 3.63. The highest BCUT2D eigenvalue weighted by molar-refractivity contribution is 5.96. The van der Waals surface area contributed by atoms with Gasteiger partial charge in [-0.2, -0.15) is 13.2 Å². The van der Waals surface area contributed by atoms with E-state index in [4.69, 9.17) is 4.74 Å². The van der Waals surface area contributed by atoms with Gasteiger partial charge < -0.3 is 20.4 Å². The number of H-pyrrole nitrogens is 1. The lowest BCUT2D eigenvalue weighted by Gasteiger charge is -2.14. The molecule has 0 saturated heterocycles. The van der Waals surface area contributed by atoms with Crippen molar-refractivity contribution < 1.29 is 22.7 Å². The van der Waals surface area contributed by atoms with Crippen LogP contribution in [0.5, 0.6) is 11.6 Å². The third-order valence-corrected chi connectivity index (χ3v) is 6.78. The van der Waals surface area contributed by atoms with E-state index in [1.807, 2.05) is 19.1 Å². The Kier molecular flexibility index (Phi) is 6.60. The number of anilines is 1. The molecule has 0 atom stereocenters. The second-order valence-corrected chi connectivity index (χ2v) is 9.99. The first kappa shape index (κ1) is 26.4. The quantitative estimate of drug-likeness (QED) is 0.227. The molecule has 3 N–H and O–H groups in total. The first-order valence-corrected chi connectivity index (χ1v) is 13.1. The first-order chi connectivity index (χ1) is 19.6. The van der Waals surface area contributed by atoms with Gasteiger partial charge in [-0.1, -0.05) is 18.2 Å². The highest BCUT2D eigenvalue weighted by Gasteiger charge is 2.27.